The molecule has 0 saturated carbocycles. The molecule has 5 nitrogen and oxygen atoms in total. The Morgan fingerprint density at radius 3 is 2.94 bits per heavy atom. The largest absolute Gasteiger partial charge is 0.475 e. The Morgan fingerprint density at radius 1 is 1.56 bits per heavy atom. The Balaban J connectivity index is 2.29. The van der Waals surface area contributed by atoms with Gasteiger partial charge in [0.1, 0.15) is 11.8 Å². The number of rotatable bonds is 3. The summed E-state index contributed by atoms with van der Waals surface area (Å²) in [5.74, 6) is -0.679. The lowest BCUT2D eigenvalue weighted by Crippen LogP contribution is -2.14. The molecule has 0 aliphatic carbocycles. The van der Waals surface area contributed by atoms with Crippen molar-refractivity contribution in [1.82, 2.24) is 4.98 Å². The fourth-order valence-corrected chi connectivity index (χ4v) is 1.86. The van der Waals surface area contributed by atoms with E-state index in [0.29, 0.717) is 24.6 Å². The highest BCUT2D eigenvalue weighted by Crippen LogP contribution is 2.30. The molecule has 1 N–H and O–H groups in total. The van der Waals surface area contributed by atoms with Crippen LogP contribution in [0.1, 0.15) is 54.4 Å². The molecular formula is C11H15NO4. The van der Waals surface area contributed by atoms with Crippen molar-refractivity contribution in [2.45, 2.75) is 38.7 Å². The second-order valence-electron chi connectivity index (χ2n) is 3.84. The molecule has 5 heteroatoms. The normalized spacial score (nSPS) is 20.9. The summed E-state index contributed by atoms with van der Waals surface area (Å²) in [6.45, 7) is 2.54. The third kappa shape index (κ3) is 2.09. The summed E-state index contributed by atoms with van der Waals surface area (Å²) < 4.78 is 10.7. The second kappa shape index (κ2) is 4.65. The van der Waals surface area contributed by atoms with Crippen LogP contribution in [0.3, 0.4) is 0 Å². The lowest BCUT2D eigenvalue weighted by molar-refractivity contribution is 0.0108. The predicted octanol–water partition coefficient (Wildman–Crippen LogP) is 2.18. The number of ether oxygens (including phenoxy) is 1. The van der Waals surface area contributed by atoms with Gasteiger partial charge < -0.3 is 14.3 Å². The highest BCUT2D eigenvalue weighted by atomic mass is 16.5. The molecule has 1 unspecified atom stereocenters. The van der Waals surface area contributed by atoms with Crippen molar-refractivity contribution in [2.24, 2.45) is 0 Å². The van der Waals surface area contributed by atoms with Gasteiger partial charge in [0.2, 0.25) is 5.76 Å². The van der Waals surface area contributed by atoms with Crippen LogP contribution in [-0.2, 0) is 11.2 Å². The molecule has 0 amide bonds. The summed E-state index contributed by atoms with van der Waals surface area (Å²) in [5.41, 5.74) is 0.448. The van der Waals surface area contributed by atoms with Crippen molar-refractivity contribution in [1.29, 1.82) is 0 Å². The van der Waals surface area contributed by atoms with Crippen molar-refractivity contribution in [3.8, 4) is 0 Å². The molecule has 1 aliphatic heterocycles. The molecule has 1 aromatic heterocycles. The number of nitrogens with zero attached hydrogens (tertiary/aromatic N) is 1. The smallest absolute Gasteiger partial charge is 0.373 e. The second-order valence-corrected chi connectivity index (χ2v) is 3.84. The number of aromatic carboxylic acids is 1. The molecule has 88 valence electrons. The van der Waals surface area contributed by atoms with Crippen LogP contribution in [0.15, 0.2) is 4.42 Å². The van der Waals surface area contributed by atoms with Crippen LogP contribution in [-0.4, -0.2) is 22.7 Å². The van der Waals surface area contributed by atoms with E-state index >= 15 is 0 Å². The van der Waals surface area contributed by atoms with E-state index in [4.69, 9.17) is 14.3 Å². The maximum Gasteiger partial charge on any atom is 0.373 e. The van der Waals surface area contributed by atoms with E-state index in [2.05, 4.69) is 4.98 Å². The standard InChI is InChI=1S/C11H15NO4/c1-2-8-12-9(10(16-8)11(13)14)7-5-3-4-6-15-7/h7H,2-6H2,1H3,(H,13,14). The minimum absolute atomic E-state index is 0.0660. The Bertz CT molecular complexity index is 379. The van der Waals surface area contributed by atoms with E-state index in [1.54, 1.807) is 0 Å². The van der Waals surface area contributed by atoms with Crippen molar-refractivity contribution in [3.63, 3.8) is 0 Å². The first-order valence-electron chi connectivity index (χ1n) is 5.57. The Morgan fingerprint density at radius 2 is 2.38 bits per heavy atom. The molecule has 1 saturated heterocycles. The maximum atomic E-state index is 11.0. The van der Waals surface area contributed by atoms with Crippen LogP contribution in [0.25, 0.3) is 0 Å². The zero-order valence-corrected chi connectivity index (χ0v) is 9.23. The zero-order valence-electron chi connectivity index (χ0n) is 9.23. The van der Waals surface area contributed by atoms with Crippen LogP contribution < -0.4 is 0 Å². The first-order chi connectivity index (χ1) is 7.72. The van der Waals surface area contributed by atoms with Gasteiger partial charge in [-0.25, -0.2) is 9.78 Å². The zero-order chi connectivity index (χ0) is 11.5. The molecule has 0 spiro atoms. The van der Waals surface area contributed by atoms with Gasteiger partial charge >= 0.3 is 5.97 Å². The number of hydrogen-bond acceptors (Lipinski definition) is 4. The molecule has 1 fully saturated rings. The van der Waals surface area contributed by atoms with E-state index < -0.39 is 5.97 Å². The first-order valence-corrected chi connectivity index (χ1v) is 5.57. The summed E-state index contributed by atoms with van der Waals surface area (Å²) in [7, 11) is 0. The van der Waals surface area contributed by atoms with Crippen molar-refractivity contribution >= 4 is 5.97 Å². The monoisotopic (exact) mass is 225 g/mol. The van der Waals surface area contributed by atoms with Gasteiger partial charge in [0.15, 0.2) is 5.89 Å². The van der Waals surface area contributed by atoms with Gasteiger partial charge in [-0.3, -0.25) is 0 Å². The van der Waals surface area contributed by atoms with Crippen molar-refractivity contribution < 1.29 is 19.1 Å². The molecule has 0 radical (unpaired) electrons. The third-order valence-corrected chi connectivity index (χ3v) is 2.68. The molecule has 0 aromatic carbocycles. The molecule has 1 aromatic rings. The molecule has 1 aliphatic rings. The highest BCUT2D eigenvalue weighted by molar-refractivity contribution is 5.85. The lowest BCUT2D eigenvalue weighted by atomic mass is 10.1. The number of aryl methyl sites for hydroxylation is 1. The Labute approximate surface area is 93.4 Å². The summed E-state index contributed by atoms with van der Waals surface area (Å²) in [5, 5.41) is 9.02. The molecular weight excluding hydrogens is 210 g/mol. The molecule has 2 rings (SSSR count). The SMILES string of the molecule is CCc1nc(C2CCCCO2)c(C(=O)O)o1. The van der Waals surface area contributed by atoms with Crippen molar-refractivity contribution in [2.75, 3.05) is 6.61 Å². The minimum Gasteiger partial charge on any atom is -0.475 e. The van der Waals surface area contributed by atoms with Gasteiger partial charge in [0.05, 0.1) is 0 Å². The van der Waals surface area contributed by atoms with Gasteiger partial charge in [0.25, 0.3) is 0 Å². The topological polar surface area (TPSA) is 72.6 Å². The maximum absolute atomic E-state index is 11.0. The van der Waals surface area contributed by atoms with Gasteiger partial charge in [-0.2, -0.15) is 0 Å². The Hall–Kier alpha value is -1.36. The molecule has 2 heterocycles. The number of oxazole rings is 1. The molecule has 1 atom stereocenters. The van der Waals surface area contributed by atoms with Gasteiger partial charge in [-0.15, -0.1) is 0 Å². The minimum atomic E-state index is -1.07. The van der Waals surface area contributed by atoms with E-state index in [1.165, 1.54) is 0 Å². The molecule has 0 bridgehead atoms. The van der Waals surface area contributed by atoms with E-state index in [1.807, 2.05) is 6.92 Å². The van der Waals surface area contributed by atoms with Crippen LogP contribution >= 0.6 is 0 Å². The quantitative estimate of drug-likeness (QED) is 0.853. The van der Waals surface area contributed by atoms with Crippen molar-refractivity contribution in [3.05, 3.63) is 17.3 Å². The average Bonchev–Trinajstić information content (AvgIpc) is 2.74. The summed E-state index contributed by atoms with van der Waals surface area (Å²) >= 11 is 0. The number of hydrogen-bond donors (Lipinski definition) is 1. The van der Waals surface area contributed by atoms with Crippen LogP contribution in [0.4, 0.5) is 0 Å². The lowest BCUT2D eigenvalue weighted by Gasteiger charge is -2.20. The van der Waals surface area contributed by atoms with E-state index in [9.17, 15) is 4.79 Å². The van der Waals surface area contributed by atoms with E-state index in [-0.39, 0.29) is 11.9 Å². The van der Waals surface area contributed by atoms with Gasteiger partial charge in [0, 0.05) is 13.0 Å². The van der Waals surface area contributed by atoms with E-state index in [0.717, 1.165) is 19.3 Å². The van der Waals surface area contributed by atoms with Crippen LogP contribution in [0.2, 0.25) is 0 Å². The van der Waals surface area contributed by atoms with Crippen LogP contribution in [0.5, 0.6) is 0 Å². The Kier molecular flexibility index (Phi) is 3.24. The van der Waals surface area contributed by atoms with Crippen LogP contribution in [0, 0.1) is 0 Å². The van der Waals surface area contributed by atoms with Gasteiger partial charge in [-0.05, 0) is 19.3 Å². The number of carbonyl (C=O) groups is 1. The summed E-state index contributed by atoms with van der Waals surface area (Å²) in [6, 6.07) is 0. The fraction of sp³-hybridized carbons (Fsp3) is 0.636. The van der Waals surface area contributed by atoms with Gasteiger partial charge in [-0.1, -0.05) is 6.92 Å². The summed E-state index contributed by atoms with van der Waals surface area (Å²) in [6.07, 6.45) is 3.25. The molecule has 16 heavy (non-hydrogen) atoms. The fourth-order valence-electron chi connectivity index (χ4n) is 1.86. The third-order valence-electron chi connectivity index (χ3n) is 2.68. The number of carboxylic acids is 1. The highest BCUT2D eigenvalue weighted by Gasteiger charge is 2.27. The number of carboxylic acid groups (broad SMARTS) is 1. The average molecular weight is 225 g/mol. The first kappa shape index (κ1) is 11.1. The predicted molar refractivity (Wildman–Crippen MR) is 55.4 cm³/mol. The summed E-state index contributed by atoms with van der Waals surface area (Å²) in [4.78, 5) is 15.2. The number of aromatic nitrogens is 1.